The molecule has 0 atom stereocenters. The predicted molar refractivity (Wildman–Crippen MR) is 41.0 cm³/mol. The van der Waals surface area contributed by atoms with Gasteiger partial charge in [0.25, 0.3) is 0 Å². The fourth-order valence-corrected chi connectivity index (χ4v) is 0.839. The highest BCUT2D eigenvalue weighted by atomic mass is 19.3. The van der Waals surface area contributed by atoms with E-state index in [1.54, 1.807) is 0 Å². The maximum absolute atomic E-state index is 12.6. The summed E-state index contributed by atoms with van der Waals surface area (Å²) in [5.41, 5.74) is 0.0836. The highest BCUT2D eigenvalue weighted by molar-refractivity contribution is 5.37. The number of ether oxygens (including phenoxy) is 1. The molecule has 0 aromatic heterocycles. The second-order valence-corrected chi connectivity index (χ2v) is 2.20. The number of halogens is 3. The van der Waals surface area contributed by atoms with Crippen molar-refractivity contribution in [3.63, 3.8) is 0 Å². The minimum atomic E-state index is -2.93. The fraction of sp³-hybridized carbons (Fsp3) is 0.111. The van der Waals surface area contributed by atoms with E-state index in [1.165, 1.54) is 0 Å². The van der Waals surface area contributed by atoms with E-state index in [-0.39, 0.29) is 11.3 Å². The van der Waals surface area contributed by atoms with Crippen LogP contribution >= 0.6 is 0 Å². The Morgan fingerprint density at radius 2 is 2.08 bits per heavy atom. The molecule has 0 saturated heterocycles. The molecule has 0 heterocycles. The molecule has 0 aliphatic rings. The van der Waals surface area contributed by atoms with Gasteiger partial charge in [-0.05, 0) is 24.3 Å². The lowest BCUT2D eigenvalue weighted by molar-refractivity contribution is -0.0501. The summed E-state index contributed by atoms with van der Waals surface area (Å²) in [6.07, 6.45) is 2.29. The van der Waals surface area contributed by atoms with E-state index in [0.717, 1.165) is 18.2 Å². The van der Waals surface area contributed by atoms with Crippen LogP contribution in [0.25, 0.3) is 0 Å². The van der Waals surface area contributed by atoms with Gasteiger partial charge in [0.05, 0.1) is 0 Å². The molecule has 0 saturated carbocycles. The molecule has 69 valence electrons. The molecular formula is C9H6F3O. The molecule has 1 aromatic rings. The van der Waals surface area contributed by atoms with Crippen molar-refractivity contribution in [3.8, 4) is 5.75 Å². The maximum atomic E-state index is 12.6. The van der Waals surface area contributed by atoms with Crippen LogP contribution in [0.4, 0.5) is 13.2 Å². The van der Waals surface area contributed by atoms with Crippen LogP contribution in [-0.2, 0) is 0 Å². The summed E-state index contributed by atoms with van der Waals surface area (Å²) in [6.45, 7) is 0.291. The monoisotopic (exact) mass is 187 g/mol. The predicted octanol–water partition coefficient (Wildman–Crippen LogP) is 2.76. The van der Waals surface area contributed by atoms with E-state index in [2.05, 4.69) is 17.4 Å². The standard InChI is InChI=1S/C9H6F3O/c1-2-6-5-7(10)3-4-8(6)13-9(11)12/h3-5,9H,1H2. The average molecular weight is 187 g/mol. The first-order valence-corrected chi connectivity index (χ1v) is 3.41. The van der Waals surface area contributed by atoms with Crippen molar-refractivity contribution in [2.24, 2.45) is 0 Å². The quantitative estimate of drug-likeness (QED) is 0.706. The molecule has 0 N–H and O–H groups in total. The van der Waals surface area contributed by atoms with Crippen LogP contribution in [0.15, 0.2) is 24.8 Å². The maximum Gasteiger partial charge on any atom is 0.387 e. The van der Waals surface area contributed by atoms with Gasteiger partial charge in [0.2, 0.25) is 0 Å². The molecule has 13 heavy (non-hydrogen) atoms. The van der Waals surface area contributed by atoms with Crippen LogP contribution in [-0.4, -0.2) is 6.61 Å². The third-order valence-electron chi connectivity index (χ3n) is 1.35. The van der Waals surface area contributed by atoms with Crippen molar-refractivity contribution >= 4 is 0 Å². The summed E-state index contributed by atoms with van der Waals surface area (Å²) in [6, 6.07) is 3.15. The van der Waals surface area contributed by atoms with Gasteiger partial charge in [-0.2, -0.15) is 8.78 Å². The fourth-order valence-electron chi connectivity index (χ4n) is 0.839. The van der Waals surface area contributed by atoms with Crippen LogP contribution in [0, 0.1) is 11.9 Å². The molecule has 0 spiro atoms. The Bertz CT molecular complexity index is 310. The highest BCUT2D eigenvalue weighted by Crippen LogP contribution is 2.21. The zero-order valence-electron chi connectivity index (χ0n) is 6.56. The number of benzene rings is 1. The summed E-state index contributed by atoms with van der Waals surface area (Å²) in [7, 11) is 0. The Kier molecular flexibility index (Phi) is 2.95. The summed E-state index contributed by atoms with van der Waals surface area (Å²) in [5, 5.41) is 0. The molecular weight excluding hydrogens is 181 g/mol. The van der Waals surface area contributed by atoms with E-state index in [1.807, 2.05) is 0 Å². The highest BCUT2D eigenvalue weighted by Gasteiger charge is 2.08. The number of hydrogen-bond acceptors (Lipinski definition) is 1. The summed E-state index contributed by atoms with van der Waals surface area (Å²) < 4.78 is 40.2. The Hall–Kier alpha value is -1.45. The summed E-state index contributed by atoms with van der Waals surface area (Å²) in [5.74, 6) is -0.681. The topological polar surface area (TPSA) is 9.23 Å². The molecule has 0 fully saturated rings. The SMILES string of the molecule is C=[C]c1cc(F)ccc1OC(F)F. The molecule has 4 heteroatoms. The van der Waals surface area contributed by atoms with Crippen molar-refractivity contribution < 1.29 is 17.9 Å². The van der Waals surface area contributed by atoms with Crippen molar-refractivity contribution in [1.82, 2.24) is 0 Å². The summed E-state index contributed by atoms with van der Waals surface area (Å²) >= 11 is 0. The Morgan fingerprint density at radius 3 is 2.62 bits per heavy atom. The lowest BCUT2D eigenvalue weighted by Crippen LogP contribution is -2.03. The Balaban J connectivity index is 2.99. The number of hydrogen-bond donors (Lipinski definition) is 0. The van der Waals surface area contributed by atoms with Crippen LogP contribution in [0.1, 0.15) is 5.56 Å². The molecule has 0 amide bonds. The van der Waals surface area contributed by atoms with Gasteiger partial charge in [-0.1, -0.05) is 6.58 Å². The second-order valence-electron chi connectivity index (χ2n) is 2.20. The van der Waals surface area contributed by atoms with Crippen LogP contribution in [0.3, 0.4) is 0 Å². The molecule has 1 nitrogen and oxygen atoms in total. The van der Waals surface area contributed by atoms with Crippen molar-refractivity contribution in [2.75, 3.05) is 0 Å². The van der Waals surface area contributed by atoms with E-state index >= 15 is 0 Å². The minimum Gasteiger partial charge on any atom is -0.434 e. The lowest BCUT2D eigenvalue weighted by Gasteiger charge is -2.06. The van der Waals surface area contributed by atoms with Gasteiger partial charge in [0, 0.05) is 5.56 Å². The first kappa shape index (κ1) is 9.64. The zero-order chi connectivity index (χ0) is 9.84. The zero-order valence-corrected chi connectivity index (χ0v) is 6.56. The summed E-state index contributed by atoms with van der Waals surface area (Å²) in [4.78, 5) is 0. The van der Waals surface area contributed by atoms with E-state index in [9.17, 15) is 13.2 Å². The first-order chi connectivity index (χ1) is 6.13. The van der Waals surface area contributed by atoms with Crippen molar-refractivity contribution in [1.29, 1.82) is 0 Å². The van der Waals surface area contributed by atoms with Gasteiger partial charge >= 0.3 is 6.61 Å². The molecule has 0 aliphatic carbocycles. The molecule has 1 rings (SSSR count). The average Bonchev–Trinajstić information content (AvgIpc) is 2.07. The minimum absolute atomic E-state index is 0.0836. The normalized spacial score (nSPS) is 10.2. The van der Waals surface area contributed by atoms with Crippen LogP contribution in [0.5, 0.6) is 5.75 Å². The van der Waals surface area contributed by atoms with Crippen LogP contribution < -0.4 is 4.74 Å². The lowest BCUT2D eigenvalue weighted by atomic mass is 10.2. The largest absolute Gasteiger partial charge is 0.434 e. The number of alkyl halides is 2. The molecule has 1 radical (unpaired) electrons. The molecule has 0 aliphatic heterocycles. The van der Waals surface area contributed by atoms with Gasteiger partial charge in [-0.15, -0.1) is 0 Å². The van der Waals surface area contributed by atoms with Gasteiger partial charge in [-0.3, -0.25) is 0 Å². The first-order valence-electron chi connectivity index (χ1n) is 3.41. The van der Waals surface area contributed by atoms with Crippen molar-refractivity contribution in [3.05, 3.63) is 42.2 Å². The Labute approximate surface area is 73.4 Å². The van der Waals surface area contributed by atoms with E-state index in [0.29, 0.717) is 0 Å². The van der Waals surface area contributed by atoms with E-state index in [4.69, 9.17) is 0 Å². The van der Waals surface area contributed by atoms with Crippen LogP contribution in [0.2, 0.25) is 0 Å². The number of rotatable bonds is 3. The molecule has 1 aromatic carbocycles. The Morgan fingerprint density at radius 1 is 1.38 bits per heavy atom. The van der Waals surface area contributed by atoms with Crippen molar-refractivity contribution in [2.45, 2.75) is 6.61 Å². The van der Waals surface area contributed by atoms with Gasteiger partial charge in [0.15, 0.2) is 0 Å². The third-order valence-corrected chi connectivity index (χ3v) is 1.35. The second kappa shape index (κ2) is 3.98. The van der Waals surface area contributed by atoms with Gasteiger partial charge in [-0.25, -0.2) is 4.39 Å². The molecule has 0 bridgehead atoms. The van der Waals surface area contributed by atoms with E-state index < -0.39 is 12.4 Å². The third kappa shape index (κ3) is 2.50. The van der Waals surface area contributed by atoms with Gasteiger partial charge < -0.3 is 4.74 Å². The molecule has 0 unspecified atom stereocenters. The van der Waals surface area contributed by atoms with Gasteiger partial charge in [0.1, 0.15) is 11.6 Å². The smallest absolute Gasteiger partial charge is 0.387 e.